The number of halogens is 1. The highest BCUT2D eigenvalue weighted by Crippen LogP contribution is 2.28. The van der Waals surface area contributed by atoms with E-state index in [1.165, 1.54) is 0 Å². The maximum atomic E-state index is 5.66. The second-order valence-electron chi connectivity index (χ2n) is 4.53. The first-order valence-corrected chi connectivity index (χ1v) is 6.95. The van der Waals surface area contributed by atoms with E-state index in [4.69, 9.17) is 10.5 Å². The Morgan fingerprint density at radius 1 is 1.25 bits per heavy atom. The molecule has 3 N–H and O–H groups in total. The molecule has 0 saturated carbocycles. The number of nitrogens with zero attached hydrogens (tertiary/aromatic N) is 3. The van der Waals surface area contributed by atoms with Crippen LogP contribution in [0, 0.1) is 6.92 Å². The standard InChI is InChI=1S/C13H16BrN5O/c1-7(2)20-13-18-11(15)17-12(19-13)16-9-6-4-5-8(3)10(9)14/h4-7H,1-3H3,(H3,15,16,17,18,19). The highest BCUT2D eigenvalue weighted by molar-refractivity contribution is 9.10. The molecule has 2 aromatic rings. The molecule has 0 aliphatic carbocycles. The lowest BCUT2D eigenvalue weighted by Crippen LogP contribution is -2.11. The largest absolute Gasteiger partial charge is 0.461 e. The summed E-state index contributed by atoms with van der Waals surface area (Å²) in [6.45, 7) is 5.79. The first kappa shape index (κ1) is 14.5. The normalized spacial score (nSPS) is 10.7. The molecule has 1 aromatic heterocycles. The summed E-state index contributed by atoms with van der Waals surface area (Å²) in [4.78, 5) is 12.2. The number of aromatic nitrogens is 3. The average Bonchev–Trinajstić information content (AvgIpc) is 2.33. The Morgan fingerprint density at radius 3 is 2.70 bits per heavy atom. The van der Waals surface area contributed by atoms with E-state index in [-0.39, 0.29) is 18.1 Å². The number of hydrogen-bond acceptors (Lipinski definition) is 6. The third kappa shape index (κ3) is 3.57. The van der Waals surface area contributed by atoms with E-state index >= 15 is 0 Å². The van der Waals surface area contributed by atoms with Crippen molar-refractivity contribution in [2.45, 2.75) is 26.9 Å². The van der Waals surface area contributed by atoms with Crippen LogP contribution in [0.2, 0.25) is 0 Å². The number of ether oxygens (including phenoxy) is 1. The summed E-state index contributed by atoms with van der Waals surface area (Å²) in [7, 11) is 0. The monoisotopic (exact) mass is 337 g/mol. The number of benzene rings is 1. The van der Waals surface area contributed by atoms with Crippen LogP contribution in [-0.2, 0) is 0 Å². The van der Waals surface area contributed by atoms with E-state index in [2.05, 4.69) is 36.2 Å². The Bertz CT molecular complexity index is 618. The van der Waals surface area contributed by atoms with Gasteiger partial charge in [-0.25, -0.2) is 0 Å². The third-order valence-electron chi connectivity index (χ3n) is 2.41. The minimum atomic E-state index is -0.0321. The quantitative estimate of drug-likeness (QED) is 0.891. The van der Waals surface area contributed by atoms with E-state index in [1.54, 1.807) is 0 Å². The fraction of sp³-hybridized carbons (Fsp3) is 0.308. The number of aryl methyl sites for hydroxylation is 1. The number of hydrogen-bond donors (Lipinski definition) is 2. The van der Waals surface area contributed by atoms with Crippen molar-refractivity contribution in [2.75, 3.05) is 11.1 Å². The molecule has 0 spiro atoms. The second kappa shape index (κ2) is 6.04. The predicted molar refractivity (Wildman–Crippen MR) is 82.2 cm³/mol. The summed E-state index contributed by atoms with van der Waals surface area (Å²) < 4.78 is 6.38. The maximum Gasteiger partial charge on any atom is 0.323 e. The summed E-state index contributed by atoms with van der Waals surface area (Å²) in [6, 6.07) is 6.07. The zero-order chi connectivity index (χ0) is 14.7. The summed E-state index contributed by atoms with van der Waals surface area (Å²) in [5.74, 6) is 0.460. The minimum absolute atomic E-state index is 0.0321. The van der Waals surface area contributed by atoms with Crippen LogP contribution < -0.4 is 15.8 Å². The Labute approximate surface area is 125 Å². The summed E-state index contributed by atoms with van der Waals surface area (Å²) in [5, 5.41) is 3.10. The lowest BCUT2D eigenvalue weighted by Gasteiger charge is -2.11. The average molecular weight is 338 g/mol. The van der Waals surface area contributed by atoms with Crippen molar-refractivity contribution >= 4 is 33.5 Å². The third-order valence-corrected chi connectivity index (χ3v) is 3.46. The van der Waals surface area contributed by atoms with Crippen molar-refractivity contribution in [1.29, 1.82) is 0 Å². The molecule has 0 unspecified atom stereocenters. The van der Waals surface area contributed by atoms with Gasteiger partial charge in [-0.1, -0.05) is 12.1 Å². The molecule has 1 aromatic carbocycles. The molecule has 0 radical (unpaired) electrons. The van der Waals surface area contributed by atoms with Crippen LogP contribution in [0.25, 0.3) is 0 Å². The zero-order valence-corrected chi connectivity index (χ0v) is 13.1. The first-order chi connectivity index (χ1) is 9.45. The molecule has 106 valence electrons. The minimum Gasteiger partial charge on any atom is -0.461 e. The van der Waals surface area contributed by atoms with Gasteiger partial charge >= 0.3 is 6.01 Å². The van der Waals surface area contributed by atoms with Crippen LogP contribution in [0.4, 0.5) is 17.6 Å². The molecule has 6 nitrogen and oxygen atoms in total. The number of anilines is 3. The number of nitrogens with two attached hydrogens (primary N) is 1. The molecule has 20 heavy (non-hydrogen) atoms. The SMILES string of the molecule is Cc1cccc(Nc2nc(N)nc(OC(C)C)n2)c1Br. The molecule has 0 atom stereocenters. The van der Waals surface area contributed by atoms with E-state index in [9.17, 15) is 0 Å². The molecule has 0 aliphatic rings. The molecular weight excluding hydrogens is 322 g/mol. The Morgan fingerprint density at radius 2 is 2.00 bits per heavy atom. The topological polar surface area (TPSA) is 86.0 Å². The van der Waals surface area contributed by atoms with Crippen molar-refractivity contribution in [3.8, 4) is 6.01 Å². The van der Waals surface area contributed by atoms with E-state index in [0.717, 1.165) is 15.7 Å². The Balaban J connectivity index is 2.29. The number of nitrogen functional groups attached to an aromatic ring is 1. The van der Waals surface area contributed by atoms with Crippen LogP contribution >= 0.6 is 15.9 Å². The van der Waals surface area contributed by atoms with Crippen LogP contribution in [0.3, 0.4) is 0 Å². The number of nitrogens with one attached hydrogen (secondary N) is 1. The van der Waals surface area contributed by atoms with Gasteiger partial charge in [-0.3, -0.25) is 0 Å². The predicted octanol–water partition coefficient (Wildman–Crippen LogP) is 3.06. The first-order valence-electron chi connectivity index (χ1n) is 6.16. The van der Waals surface area contributed by atoms with Crippen LogP contribution in [-0.4, -0.2) is 21.1 Å². The zero-order valence-electron chi connectivity index (χ0n) is 11.5. The van der Waals surface area contributed by atoms with Gasteiger partial charge in [0.1, 0.15) is 0 Å². The van der Waals surface area contributed by atoms with E-state index < -0.39 is 0 Å². The van der Waals surface area contributed by atoms with Gasteiger partial charge in [-0.15, -0.1) is 0 Å². The van der Waals surface area contributed by atoms with Gasteiger partial charge in [-0.05, 0) is 48.3 Å². The molecule has 1 heterocycles. The fourth-order valence-electron chi connectivity index (χ4n) is 1.56. The maximum absolute atomic E-state index is 5.66. The Kier molecular flexibility index (Phi) is 4.39. The van der Waals surface area contributed by atoms with Crippen molar-refractivity contribution in [3.05, 3.63) is 28.2 Å². The van der Waals surface area contributed by atoms with Gasteiger partial charge in [0.25, 0.3) is 0 Å². The molecule has 0 bridgehead atoms. The van der Waals surface area contributed by atoms with Gasteiger partial charge in [0.2, 0.25) is 11.9 Å². The molecule has 0 aliphatic heterocycles. The van der Waals surface area contributed by atoms with E-state index in [0.29, 0.717) is 5.95 Å². The lowest BCUT2D eigenvalue weighted by molar-refractivity contribution is 0.222. The molecule has 0 amide bonds. The molecule has 2 rings (SSSR count). The molecule has 0 saturated heterocycles. The number of rotatable bonds is 4. The summed E-state index contributed by atoms with van der Waals surface area (Å²) in [6.07, 6.45) is -0.0321. The van der Waals surface area contributed by atoms with Gasteiger partial charge in [0, 0.05) is 4.47 Å². The molecular formula is C13H16BrN5O. The fourth-order valence-corrected chi connectivity index (χ4v) is 1.92. The molecule has 7 heteroatoms. The van der Waals surface area contributed by atoms with Crippen molar-refractivity contribution in [1.82, 2.24) is 15.0 Å². The Hall–Kier alpha value is -1.89. The van der Waals surface area contributed by atoms with Crippen LogP contribution in [0.15, 0.2) is 22.7 Å². The van der Waals surface area contributed by atoms with E-state index in [1.807, 2.05) is 39.0 Å². The second-order valence-corrected chi connectivity index (χ2v) is 5.32. The van der Waals surface area contributed by atoms with Gasteiger partial charge in [0.15, 0.2) is 0 Å². The van der Waals surface area contributed by atoms with Gasteiger partial charge in [0.05, 0.1) is 11.8 Å². The van der Waals surface area contributed by atoms with Gasteiger partial charge < -0.3 is 15.8 Å². The van der Waals surface area contributed by atoms with Crippen molar-refractivity contribution < 1.29 is 4.74 Å². The summed E-state index contributed by atoms with van der Waals surface area (Å²) >= 11 is 3.52. The van der Waals surface area contributed by atoms with Crippen LogP contribution in [0.5, 0.6) is 6.01 Å². The van der Waals surface area contributed by atoms with Crippen molar-refractivity contribution in [3.63, 3.8) is 0 Å². The molecule has 0 fully saturated rings. The van der Waals surface area contributed by atoms with Gasteiger partial charge in [-0.2, -0.15) is 15.0 Å². The highest BCUT2D eigenvalue weighted by atomic mass is 79.9. The smallest absolute Gasteiger partial charge is 0.323 e. The lowest BCUT2D eigenvalue weighted by atomic mass is 10.2. The van der Waals surface area contributed by atoms with Crippen molar-refractivity contribution in [2.24, 2.45) is 0 Å². The summed E-state index contributed by atoms with van der Waals surface area (Å²) in [5.41, 5.74) is 7.62. The highest BCUT2D eigenvalue weighted by Gasteiger charge is 2.09. The van der Waals surface area contributed by atoms with Crippen LogP contribution in [0.1, 0.15) is 19.4 Å².